The Balaban J connectivity index is 0.00000300. The maximum Gasteiger partial charge on any atom is 0.255 e. The molecule has 1 aromatic carbocycles. The van der Waals surface area contributed by atoms with Gasteiger partial charge < -0.3 is 21.1 Å². The molecule has 10 heteroatoms. The van der Waals surface area contributed by atoms with Crippen LogP contribution in [-0.4, -0.2) is 39.6 Å². The molecule has 0 aliphatic heterocycles. The van der Waals surface area contributed by atoms with Gasteiger partial charge in [-0.25, -0.2) is 4.99 Å². The van der Waals surface area contributed by atoms with Crippen molar-refractivity contribution in [3.63, 3.8) is 0 Å². The van der Waals surface area contributed by atoms with Gasteiger partial charge in [0.1, 0.15) is 5.75 Å². The Morgan fingerprint density at radius 1 is 1.21 bits per heavy atom. The molecule has 0 atom stereocenters. The molecule has 29 heavy (non-hydrogen) atoms. The zero-order valence-electron chi connectivity index (χ0n) is 16.0. The fraction of sp³-hybridized carbons (Fsp3) is 0.263. The van der Waals surface area contributed by atoms with E-state index in [0.717, 1.165) is 23.6 Å². The number of aromatic nitrogens is 3. The first kappa shape index (κ1) is 22.4. The first-order valence-corrected chi connectivity index (χ1v) is 8.96. The van der Waals surface area contributed by atoms with Gasteiger partial charge in [0.15, 0.2) is 24.0 Å². The van der Waals surface area contributed by atoms with Gasteiger partial charge in [-0.3, -0.25) is 9.20 Å². The molecule has 3 rings (SSSR count). The van der Waals surface area contributed by atoms with E-state index in [9.17, 15) is 4.79 Å². The smallest absolute Gasteiger partial charge is 0.255 e. The molecule has 0 bridgehead atoms. The second-order valence-electron chi connectivity index (χ2n) is 6.00. The van der Waals surface area contributed by atoms with Gasteiger partial charge in [-0.2, -0.15) is 0 Å². The van der Waals surface area contributed by atoms with Gasteiger partial charge in [0.05, 0.1) is 13.1 Å². The third-order valence-corrected chi connectivity index (χ3v) is 3.84. The summed E-state index contributed by atoms with van der Waals surface area (Å²) in [6.07, 6.45) is 1.92. The average Bonchev–Trinajstić information content (AvgIpc) is 3.12. The zero-order valence-corrected chi connectivity index (χ0v) is 18.4. The van der Waals surface area contributed by atoms with E-state index in [2.05, 4.69) is 25.8 Å². The number of rotatable bonds is 8. The monoisotopic (exact) mass is 509 g/mol. The van der Waals surface area contributed by atoms with E-state index >= 15 is 0 Å². The number of nitrogens with zero attached hydrogens (tertiary/aromatic N) is 4. The topological polar surface area (TPSA) is 119 Å². The van der Waals surface area contributed by atoms with Crippen LogP contribution in [0.5, 0.6) is 5.75 Å². The highest BCUT2D eigenvalue weighted by atomic mass is 127. The van der Waals surface area contributed by atoms with Crippen LogP contribution in [0.2, 0.25) is 0 Å². The van der Waals surface area contributed by atoms with Crippen LogP contribution in [-0.2, 0) is 17.9 Å². The molecular weight excluding hydrogens is 485 g/mol. The number of ether oxygens (including phenoxy) is 1. The number of carbonyl (C=O) groups is 1. The third-order valence-electron chi connectivity index (χ3n) is 3.84. The Hall–Kier alpha value is -2.89. The first-order chi connectivity index (χ1) is 13.7. The van der Waals surface area contributed by atoms with Crippen LogP contribution in [0.15, 0.2) is 53.7 Å². The number of amides is 1. The van der Waals surface area contributed by atoms with Crippen LogP contribution in [0, 0.1) is 0 Å². The number of pyridine rings is 1. The first-order valence-electron chi connectivity index (χ1n) is 8.96. The summed E-state index contributed by atoms with van der Waals surface area (Å²) in [5.74, 6) is 1.53. The largest absolute Gasteiger partial charge is 0.484 e. The number of nitrogens with two attached hydrogens (primary N) is 1. The number of halogens is 1. The minimum atomic E-state index is -0.511. The third kappa shape index (κ3) is 6.59. The van der Waals surface area contributed by atoms with Crippen molar-refractivity contribution in [2.75, 3.05) is 13.2 Å². The van der Waals surface area contributed by atoms with E-state index in [4.69, 9.17) is 10.5 Å². The van der Waals surface area contributed by atoms with Gasteiger partial charge in [0.25, 0.3) is 5.91 Å². The van der Waals surface area contributed by atoms with Crippen LogP contribution in [0.1, 0.15) is 18.3 Å². The lowest BCUT2D eigenvalue weighted by molar-refractivity contribution is -0.119. The van der Waals surface area contributed by atoms with Gasteiger partial charge in [-0.15, -0.1) is 34.2 Å². The van der Waals surface area contributed by atoms with E-state index in [1.807, 2.05) is 53.9 Å². The average molecular weight is 509 g/mol. The lowest BCUT2D eigenvalue weighted by atomic mass is 10.2. The summed E-state index contributed by atoms with van der Waals surface area (Å²) in [4.78, 5) is 15.4. The lowest BCUT2D eigenvalue weighted by Crippen LogP contribution is -2.37. The quantitative estimate of drug-likeness (QED) is 0.241. The highest BCUT2D eigenvalue weighted by Crippen LogP contribution is 2.14. The Labute approximate surface area is 185 Å². The summed E-state index contributed by atoms with van der Waals surface area (Å²) in [5.41, 5.74) is 6.86. The number of fused-ring (bicyclic) bond motifs is 1. The number of guanidine groups is 1. The molecule has 1 amide bonds. The van der Waals surface area contributed by atoms with Gasteiger partial charge in [-0.05, 0) is 36.8 Å². The Kier molecular flexibility index (Phi) is 8.65. The molecule has 0 saturated carbocycles. The molecule has 3 aromatic rings. The lowest BCUT2D eigenvalue weighted by Gasteiger charge is -2.11. The Morgan fingerprint density at radius 2 is 2.07 bits per heavy atom. The van der Waals surface area contributed by atoms with E-state index in [1.54, 1.807) is 6.07 Å². The Bertz CT molecular complexity index is 974. The van der Waals surface area contributed by atoms with Crippen molar-refractivity contribution in [3.8, 4) is 5.75 Å². The molecule has 0 saturated heterocycles. The van der Waals surface area contributed by atoms with Crippen molar-refractivity contribution in [1.29, 1.82) is 0 Å². The molecular formula is C19H24IN7O2. The zero-order chi connectivity index (χ0) is 19.8. The molecule has 9 nitrogen and oxygen atoms in total. The van der Waals surface area contributed by atoms with E-state index < -0.39 is 5.91 Å². The van der Waals surface area contributed by atoms with Crippen LogP contribution in [0.25, 0.3) is 5.65 Å². The van der Waals surface area contributed by atoms with E-state index in [-0.39, 0.29) is 30.6 Å². The summed E-state index contributed by atoms with van der Waals surface area (Å²) in [7, 11) is 0. The van der Waals surface area contributed by atoms with Crippen LogP contribution < -0.4 is 21.1 Å². The summed E-state index contributed by atoms with van der Waals surface area (Å²) < 4.78 is 7.25. The van der Waals surface area contributed by atoms with Crippen molar-refractivity contribution >= 4 is 41.5 Å². The predicted octanol–water partition coefficient (Wildman–Crippen LogP) is 1.47. The van der Waals surface area contributed by atoms with Gasteiger partial charge in [-0.1, -0.05) is 18.2 Å². The van der Waals surface area contributed by atoms with Crippen molar-refractivity contribution in [2.45, 2.75) is 20.0 Å². The maximum absolute atomic E-state index is 10.8. The van der Waals surface area contributed by atoms with E-state index in [0.29, 0.717) is 24.8 Å². The van der Waals surface area contributed by atoms with Crippen molar-refractivity contribution in [1.82, 2.24) is 25.2 Å². The molecule has 0 fully saturated rings. The van der Waals surface area contributed by atoms with E-state index in [1.165, 1.54) is 0 Å². The molecule has 2 heterocycles. The van der Waals surface area contributed by atoms with Gasteiger partial charge in [0.2, 0.25) is 0 Å². The van der Waals surface area contributed by atoms with Crippen LogP contribution in [0.3, 0.4) is 0 Å². The normalized spacial score (nSPS) is 11.0. The van der Waals surface area contributed by atoms with Crippen LogP contribution in [0.4, 0.5) is 0 Å². The van der Waals surface area contributed by atoms with Crippen molar-refractivity contribution in [2.24, 2.45) is 10.7 Å². The Morgan fingerprint density at radius 3 is 2.86 bits per heavy atom. The minimum absolute atomic E-state index is 0. The molecule has 0 aliphatic carbocycles. The van der Waals surface area contributed by atoms with Crippen LogP contribution >= 0.6 is 24.0 Å². The fourth-order valence-electron chi connectivity index (χ4n) is 2.57. The maximum atomic E-state index is 10.8. The second kappa shape index (κ2) is 11.2. The van der Waals surface area contributed by atoms with Gasteiger partial charge in [0, 0.05) is 12.7 Å². The standard InChI is InChI=1S/C19H23N7O2.HI/c1-2-21-19(23-12-18-25-24-17-8-3-4-9-26(17)18)22-11-14-6-5-7-15(10-14)28-13-16(20)27;/h3-10H,2,11-13H2,1H3,(H2,20,27)(H2,21,22,23);1H. The molecule has 0 unspecified atom stereocenters. The predicted molar refractivity (Wildman–Crippen MR) is 121 cm³/mol. The molecule has 0 aliphatic rings. The number of benzene rings is 1. The molecule has 0 spiro atoms. The second-order valence-corrected chi connectivity index (χ2v) is 6.00. The SMILES string of the molecule is CCNC(=NCc1cccc(OCC(N)=O)c1)NCc1nnc2ccccn12.I. The summed E-state index contributed by atoms with van der Waals surface area (Å²) in [5, 5.41) is 14.8. The molecule has 154 valence electrons. The van der Waals surface area contributed by atoms with Crippen molar-refractivity contribution in [3.05, 3.63) is 60.0 Å². The fourth-order valence-corrected chi connectivity index (χ4v) is 2.57. The van der Waals surface area contributed by atoms with Crippen molar-refractivity contribution < 1.29 is 9.53 Å². The molecule has 0 radical (unpaired) electrons. The highest BCUT2D eigenvalue weighted by Gasteiger charge is 2.06. The summed E-state index contributed by atoms with van der Waals surface area (Å²) in [6, 6.07) is 13.2. The highest BCUT2D eigenvalue weighted by molar-refractivity contribution is 14.0. The number of carbonyl (C=O) groups excluding carboxylic acids is 1. The number of aliphatic imine (C=N–C) groups is 1. The number of hydrogen-bond donors (Lipinski definition) is 3. The number of nitrogens with one attached hydrogen (secondary N) is 2. The number of primary amides is 1. The molecule has 2 aromatic heterocycles. The molecule has 4 N–H and O–H groups in total. The summed E-state index contributed by atoms with van der Waals surface area (Å²) in [6.45, 7) is 3.52. The minimum Gasteiger partial charge on any atom is -0.484 e. The summed E-state index contributed by atoms with van der Waals surface area (Å²) >= 11 is 0. The van der Waals surface area contributed by atoms with Gasteiger partial charge >= 0.3 is 0 Å². The number of hydrogen-bond acceptors (Lipinski definition) is 5.